The van der Waals surface area contributed by atoms with E-state index in [2.05, 4.69) is 29.9 Å². The van der Waals surface area contributed by atoms with Crippen molar-refractivity contribution in [1.82, 2.24) is 19.7 Å². The van der Waals surface area contributed by atoms with Crippen LogP contribution in [0.4, 0.5) is 5.13 Å². The standard InChI is InChI=1S/C27H26N6O3S/c1-18(17-28-2)35-22-14-20(26(34)30-27-29-11-13-37-27)15-23(16-22)36-21-9-7-19(8-10-21)25-32-31-24-6-4-3-5-12-33(24)25/h7-11,13-16,18H,3-6,12,17H2,1H3,(H,29,30,34). The molecule has 1 aliphatic rings. The fraction of sp³-hybridized carbons (Fsp3) is 0.296. The number of carbonyl (C=O) groups excluding carboxylic acids is 1. The average Bonchev–Trinajstić information content (AvgIpc) is 3.48. The lowest BCUT2D eigenvalue weighted by Crippen LogP contribution is -2.16. The van der Waals surface area contributed by atoms with E-state index in [1.54, 1.807) is 29.8 Å². The van der Waals surface area contributed by atoms with Gasteiger partial charge in [-0.05, 0) is 56.2 Å². The Kier molecular flexibility index (Phi) is 7.42. The lowest BCUT2D eigenvalue weighted by atomic mass is 10.1. The van der Waals surface area contributed by atoms with Crippen molar-refractivity contribution in [2.75, 3.05) is 11.9 Å². The maximum atomic E-state index is 12.9. The molecule has 0 saturated carbocycles. The molecule has 1 unspecified atom stereocenters. The SMILES string of the molecule is [C-]#[N+]CC(C)Oc1cc(Oc2ccc(-c3nnc4n3CCCCC4)cc2)cc(C(=O)Nc2nccs2)c1. The number of amides is 1. The first-order valence-electron chi connectivity index (χ1n) is 12.2. The van der Waals surface area contributed by atoms with Gasteiger partial charge >= 0.3 is 0 Å². The van der Waals surface area contributed by atoms with Crippen LogP contribution in [0.5, 0.6) is 17.2 Å². The minimum absolute atomic E-state index is 0.208. The van der Waals surface area contributed by atoms with E-state index in [1.165, 1.54) is 17.8 Å². The molecule has 0 radical (unpaired) electrons. The number of nitrogens with zero attached hydrogens (tertiary/aromatic N) is 5. The molecule has 0 bridgehead atoms. The predicted octanol–water partition coefficient (Wildman–Crippen LogP) is 5.86. The van der Waals surface area contributed by atoms with Gasteiger partial charge in [0, 0.05) is 41.7 Å². The number of aryl methyl sites for hydroxylation is 1. The van der Waals surface area contributed by atoms with Gasteiger partial charge in [-0.1, -0.05) is 6.42 Å². The number of thiazole rings is 1. The van der Waals surface area contributed by atoms with Crippen molar-refractivity contribution in [3.05, 3.63) is 76.8 Å². The maximum Gasteiger partial charge on any atom is 0.257 e. The molecule has 5 rings (SSSR count). The van der Waals surface area contributed by atoms with Gasteiger partial charge < -0.3 is 18.9 Å². The number of carbonyl (C=O) groups is 1. The molecule has 1 N–H and O–H groups in total. The van der Waals surface area contributed by atoms with Gasteiger partial charge in [0.1, 0.15) is 23.1 Å². The van der Waals surface area contributed by atoms with Gasteiger partial charge in [0.2, 0.25) is 0 Å². The molecule has 0 fully saturated rings. The summed E-state index contributed by atoms with van der Waals surface area (Å²) in [6.07, 6.45) is 5.73. The zero-order chi connectivity index (χ0) is 25.6. The molecule has 9 nitrogen and oxygen atoms in total. The Morgan fingerprint density at radius 2 is 1.97 bits per heavy atom. The van der Waals surface area contributed by atoms with Crippen molar-refractivity contribution in [2.24, 2.45) is 0 Å². The molecule has 188 valence electrons. The summed E-state index contributed by atoms with van der Waals surface area (Å²) in [5.74, 6) is 3.08. The van der Waals surface area contributed by atoms with Crippen LogP contribution in [-0.4, -0.2) is 38.3 Å². The molecule has 10 heteroatoms. The molecular formula is C27H26N6O3S. The number of ether oxygens (including phenoxy) is 2. The molecule has 1 atom stereocenters. The highest BCUT2D eigenvalue weighted by molar-refractivity contribution is 7.13. The van der Waals surface area contributed by atoms with Crippen LogP contribution in [0.3, 0.4) is 0 Å². The molecule has 0 spiro atoms. The average molecular weight is 515 g/mol. The second kappa shape index (κ2) is 11.2. The van der Waals surface area contributed by atoms with E-state index in [4.69, 9.17) is 16.0 Å². The number of hydrogen-bond acceptors (Lipinski definition) is 7. The van der Waals surface area contributed by atoms with Gasteiger partial charge in [-0.3, -0.25) is 10.1 Å². The summed E-state index contributed by atoms with van der Waals surface area (Å²) in [5.41, 5.74) is 1.34. The zero-order valence-electron chi connectivity index (χ0n) is 20.4. The van der Waals surface area contributed by atoms with Crippen LogP contribution >= 0.6 is 11.3 Å². The Morgan fingerprint density at radius 1 is 1.14 bits per heavy atom. The summed E-state index contributed by atoms with van der Waals surface area (Å²) in [7, 11) is 0. The van der Waals surface area contributed by atoms with Crippen molar-refractivity contribution in [1.29, 1.82) is 0 Å². The lowest BCUT2D eigenvalue weighted by molar-refractivity contribution is 0.102. The first-order chi connectivity index (χ1) is 18.1. The molecule has 3 heterocycles. The third-order valence-electron chi connectivity index (χ3n) is 5.94. The zero-order valence-corrected chi connectivity index (χ0v) is 21.2. The van der Waals surface area contributed by atoms with Crippen molar-refractivity contribution in [2.45, 2.75) is 45.3 Å². The predicted molar refractivity (Wildman–Crippen MR) is 141 cm³/mol. The summed E-state index contributed by atoms with van der Waals surface area (Å²) < 4.78 is 14.2. The number of benzene rings is 2. The highest BCUT2D eigenvalue weighted by atomic mass is 32.1. The van der Waals surface area contributed by atoms with Gasteiger partial charge in [0.25, 0.3) is 12.5 Å². The smallest absolute Gasteiger partial charge is 0.257 e. The van der Waals surface area contributed by atoms with Crippen LogP contribution in [0.2, 0.25) is 0 Å². The number of anilines is 1. The fourth-order valence-corrected chi connectivity index (χ4v) is 4.71. The summed E-state index contributed by atoms with van der Waals surface area (Å²) in [6, 6.07) is 12.7. The van der Waals surface area contributed by atoms with Gasteiger partial charge in [-0.25, -0.2) is 11.6 Å². The number of fused-ring (bicyclic) bond motifs is 1. The molecule has 0 saturated heterocycles. The molecule has 2 aromatic carbocycles. The molecule has 2 aromatic heterocycles. The first kappa shape index (κ1) is 24.5. The van der Waals surface area contributed by atoms with Crippen molar-refractivity contribution >= 4 is 22.4 Å². The summed E-state index contributed by atoms with van der Waals surface area (Å²) in [4.78, 5) is 20.4. The third-order valence-corrected chi connectivity index (χ3v) is 6.63. The molecule has 1 amide bonds. The van der Waals surface area contributed by atoms with Crippen LogP contribution in [0.15, 0.2) is 54.0 Å². The quantitative estimate of drug-likeness (QED) is 0.296. The summed E-state index contributed by atoms with van der Waals surface area (Å²) in [6.45, 7) is 10.0. The largest absolute Gasteiger partial charge is 0.483 e. The summed E-state index contributed by atoms with van der Waals surface area (Å²) >= 11 is 1.33. The van der Waals surface area contributed by atoms with E-state index >= 15 is 0 Å². The maximum absolute atomic E-state index is 12.9. The molecule has 4 aromatic rings. The Bertz CT molecular complexity index is 1410. The van der Waals surface area contributed by atoms with E-state index in [0.717, 1.165) is 43.0 Å². The Labute approximate surface area is 218 Å². The Morgan fingerprint density at radius 3 is 2.76 bits per heavy atom. The van der Waals surface area contributed by atoms with Gasteiger partial charge in [0.05, 0.1) is 0 Å². The number of rotatable bonds is 8. The van der Waals surface area contributed by atoms with E-state index in [9.17, 15) is 4.79 Å². The molecule has 0 aliphatic carbocycles. The van der Waals surface area contributed by atoms with Crippen LogP contribution < -0.4 is 14.8 Å². The van der Waals surface area contributed by atoms with Gasteiger partial charge in [-0.2, -0.15) is 0 Å². The lowest BCUT2D eigenvalue weighted by Gasteiger charge is -2.14. The van der Waals surface area contributed by atoms with E-state index < -0.39 is 0 Å². The number of aromatic nitrogens is 4. The van der Waals surface area contributed by atoms with Crippen molar-refractivity contribution < 1.29 is 14.3 Å². The van der Waals surface area contributed by atoms with Crippen molar-refractivity contribution in [3.63, 3.8) is 0 Å². The molecule has 37 heavy (non-hydrogen) atoms. The van der Waals surface area contributed by atoms with E-state index in [-0.39, 0.29) is 18.6 Å². The fourth-order valence-electron chi connectivity index (χ4n) is 4.19. The highest BCUT2D eigenvalue weighted by Crippen LogP contribution is 2.31. The van der Waals surface area contributed by atoms with E-state index in [0.29, 0.717) is 27.9 Å². The van der Waals surface area contributed by atoms with Crippen LogP contribution in [0.1, 0.15) is 42.4 Å². The minimum atomic E-state index is -0.333. The monoisotopic (exact) mass is 514 g/mol. The topological polar surface area (TPSA) is 95.5 Å². The summed E-state index contributed by atoms with van der Waals surface area (Å²) in [5, 5.41) is 13.9. The highest BCUT2D eigenvalue weighted by Gasteiger charge is 2.17. The van der Waals surface area contributed by atoms with E-state index in [1.807, 2.05) is 31.2 Å². The van der Waals surface area contributed by atoms with Crippen molar-refractivity contribution in [3.8, 4) is 28.6 Å². The molecule has 1 aliphatic heterocycles. The second-order valence-corrected chi connectivity index (χ2v) is 9.68. The minimum Gasteiger partial charge on any atom is -0.483 e. The van der Waals surface area contributed by atoms with Crippen LogP contribution in [-0.2, 0) is 13.0 Å². The Balaban J connectivity index is 1.37. The first-order valence-corrected chi connectivity index (χ1v) is 13.0. The van der Waals surface area contributed by atoms with Crippen LogP contribution in [0.25, 0.3) is 16.2 Å². The second-order valence-electron chi connectivity index (χ2n) is 8.78. The van der Waals surface area contributed by atoms with Crippen LogP contribution in [0, 0.1) is 6.57 Å². The Hall–Kier alpha value is -4.23. The van der Waals surface area contributed by atoms with Gasteiger partial charge in [-0.15, -0.1) is 21.5 Å². The molecular weight excluding hydrogens is 488 g/mol. The third kappa shape index (κ3) is 5.95. The van der Waals surface area contributed by atoms with Gasteiger partial charge in [0.15, 0.2) is 17.1 Å². The number of hydrogen-bond donors (Lipinski definition) is 1. The normalized spacial score (nSPS) is 13.6. The number of nitrogens with one attached hydrogen (secondary N) is 1.